The molecular formula is C71H138O17P2. The minimum atomic E-state index is -4.95. The minimum absolute atomic E-state index is 0.107. The van der Waals surface area contributed by atoms with Crippen LogP contribution in [0.4, 0.5) is 0 Å². The number of esters is 4. The van der Waals surface area contributed by atoms with Gasteiger partial charge in [0.05, 0.1) is 26.4 Å². The zero-order valence-electron chi connectivity index (χ0n) is 58.3. The van der Waals surface area contributed by atoms with E-state index in [1.165, 1.54) is 186 Å². The summed E-state index contributed by atoms with van der Waals surface area (Å²) in [4.78, 5) is 72.5. The van der Waals surface area contributed by atoms with E-state index in [9.17, 15) is 43.2 Å². The Hall–Kier alpha value is -1.94. The van der Waals surface area contributed by atoms with Gasteiger partial charge in [0.1, 0.15) is 19.3 Å². The molecule has 0 radical (unpaired) electrons. The maximum Gasteiger partial charge on any atom is 0.472 e. The van der Waals surface area contributed by atoms with Crippen molar-refractivity contribution in [2.75, 3.05) is 39.6 Å². The van der Waals surface area contributed by atoms with E-state index in [-0.39, 0.29) is 25.7 Å². The predicted molar refractivity (Wildman–Crippen MR) is 363 cm³/mol. The molecule has 0 aliphatic carbocycles. The summed E-state index contributed by atoms with van der Waals surface area (Å²) in [6.45, 7) is 7.23. The molecule has 0 aromatic carbocycles. The summed E-state index contributed by atoms with van der Waals surface area (Å²) in [5.74, 6) is -1.35. The predicted octanol–water partition coefficient (Wildman–Crippen LogP) is 20.5. The second-order valence-electron chi connectivity index (χ2n) is 25.9. The van der Waals surface area contributed by atoms with Crippen LogP contribution in [0, 0.1) is 5.92 Å². The van der Waals surface area contributed by atoms with Gasteiger partial charge < -0.3 is 33.8 Å². The number of hydrogen-bond donors (Lipinski definition) is 3. The van der Waals surface area contributed by atoms with Gasteiger partial charge >= 0.3 is 39.5 Å². The average Bonchev–Trinajstić information content (AvgIpc) is 2.52. The molecule has 0 aliphatic heterocycles. The highest BCUT2D eigenvalue weighted by molar-refractivity contribution is 7.47. The summed E-state index contributed by atoms with van der Waals surface area (Å²) in [6, 6.07) is 0. The van der Waals surface area contributed by atoms with Crippen LogP contribution in [-0.4, -0.2) is 96.7 Å². The number of phosphoric acid groups is 2. The molecule has 0 rings (SSSR count). The molecule has 90 heavy (non-hydrogen) atoms. The van der Waals surface area contributed by atoms with Crippen LogP contribution < -0.4 is 0 Å². The molecule has 0 bridgehead atoms. The number of ether oxygens (including phenoxy) is 4. The Kier molecular flexibility index (Phi) is 63.0. The molecule has 6 atom stereocenters. The Labute approximate surface area is 549 Å². The van der Waals surface area contributed by atoms with Crippen molar-refractivity contribution >= 4 is 39.5 Å². The van der Waals surface area contributed by atoms with Gasteiger partial charge in [0.2, 0.25) is 0 Å². The maximum absolute atomic E-state index is 13.0. The van der Waals surface area contributed by atoms with Crippen LogP contribution in [0.15, 0.2) is 0 Å². The van der Waals surface area contributed by atoms with E-state index in [4.69, 9.17) is 37.0 Å². The van der Waals surface area contributed by atoms with Crippen LogP contribution in [0.25, 0.3) is 0 Å². The number of carbonyl (C=O) groups is 4. The van der Waals surface area contributed by atoms with Crippen molar-refractivity contribution in [2.24, 2.45) is 5.92 Å². The van der Waals surface area contributed by atoms with E-state index in [1.54, 1.807) is 0 Å². The normalized spacial score (nSPS) is 14.4. The largest absolute Gasteiger partial charge is 0.472 e. The molecule has 0 fully saturated rings. The number of rotatable bonds is 71. The van der Waals surface area contributed by atoms with Crippen molar-refractivity contribution in [3.05, 3.63) is 0 Å². The topological polar surface area (TPSA) is 237 Å². The van der Waals surface area contributed by atoms with Crippen LogP contribution in [0.3, 0.4) is 0 Å². The molecule has 3 N–H and O–H groups in total. The summed E-state index contributed by atoms with van der Waals surface area (Å²) in [7, 11) is -9.90. The lowest BCUT2D eigenvalue weighted by molar-refractivity contribution is -0.161. The van der Waals surface area contributed by atoms with E-state index in [0.717, 1.165) is 102 Å². The quantitative estimate of drug-likeness (QED) is 0.0222. The van der Waals surface area contributed by atoms with E-state index >= 15 is 0 Å². The molecule has 3 unspecified atom stereocenters. The standard InChI is InChI=1S/C71H138O17P2/c1-6-10-13-16-19-22-24-26-27-28-29-30-31-33-35-42-47-52-57-71(76)88-67(61-82-69(74)55-50-45-40-37-36-38-43-48-53-64(5)9-4)63-86-90(79,80)84-59-65(72)58-83-89(77,78)85-62-66(60-81-68(73)54-49-44-39-21-18-15-12-8-3)87-70(75)56-51-46-41-34-32-25-23-20-17-14-11-7-2/h64-67,72H,6-63H2,1-5H3,(H,77,78)(H,79,80)/t64?,65-,66+,67+/m0/s1. The first-order valence-corrected chi connectivity index (χ1v) is 40.2. The first kappa shape index (κ1) is 88.1. The summed E-state index contributed by atoms with van der Waals surface area (Å²) >= 11 is 0. The van der Waals surface area contributed by atoms with Gasteiger partial charge in [-0.25, -0.2) is 9.13 Å². The number of aliphatic hydroxyl groups is 1. The molecule has 0 spiro atoms. The smallest absolute Gasteiger partial charge is 0.462 e. The highest BCUT2D eigenvalue weighted by atomic mass is 31.2. The van der Waals surface area contributed by atoms with E-state index in [0.29, 0.717) is 25.7 Å². The lowest BCUT2D eigenvalue weighted by atomic mass is 9.99. The lowest BCUT2D eigenvalue weighted by Gasteiger charge is -2.21. The third kappa shape index (κ3) is 63.5. The molecular weight excluding hydrogens is 1190 g/mol. The first-order valence-electron chi connectivity index (χ1n) is 37.2. The third-order valence-corrected chi connectivity index (χ3v) is 18.8. The number of phosphoric ester groups is 2. The van der Waals surface area contributed by atoms with Crippen LogP contribution in [0.5, 0.6) is 0 Å². The van der Waals surface area contributed by atoms with Crippen molar-refractivity contribution in [1.82, 2.24) is 0 Å². The van der Waals surface area contributed by atoms with Gasteiger partial charge in [-0.15, -0.1) is 0 Å². The molecule has 0 heterocycles. The van der Waals surface area contributed by atoms with Gasteiger partial charge in [0.15, 0.2) is 12.2 Å². The van der Waals surface area contributed by atoms with E-state index < -0.39 is 97.5 Å². The monoisotopic (exact) mass is 1320 g/mol. The van der Waals surface area contributed by atoms with Gasteiger partial charge in [-0.3, -0.25) is 37.3 Å². The lowest BCUT2D eigenvalue weighted by Crippen LogP contribution is -2.30. The SMILES string of the molecule is CCCCCCCCCCCCCCCCCCCCC(=O)O[C@H](COC(=O)CCCCCCCCCCC(C)CC)COP(=O)(O)OC[C@@H](O)COP(=O)(O)OC[C@@H](COC(=O)CCCCCCCCCC)OC(=O)CCCCCCCCCCCCCC. The van der Waals surface area contributed by atoms with Gasteiger partial charge in [0.25, 0.3) is 0 Å². The molecule has 0 saturated heterocycles. The number of hydrogen-bond acceptors (Lipinski definition) is 15. The van der Waals surface area contributed by atoms with Crippen LogP contribution in [-0.2, 0) is 65.4 Å². The molecule has 0 aromatic heterocycles. The Morgan fingerprint density at radius 2 is 0.533 bits per heavy atom. The number of carbonyl (C=O) groups excluding carboxylic acids is 4. The molecule has 0 aliphatic rings. The van der Waals surface area contributed by atoms with Crippen molar-refractivity contribution in [1.29, 1.82) is 0 Å². The third-order valence-electron chi connectivity index (χ3n) is 16.9. The Morgan fingerprint density at radius 1 is 0.311 bits per heavy atom. The van der Waals surface area contributed by atoms with Crippen LogP contribution in [0.2, 0.25) is 0 Å². The van der Waals surface area contributed by atoms with Crippen LogP contribution >= 0.6 is 15.6 Å². The van der Waals surface area contributed by atoms with Crippen molar-refractivity contribution < 1.29 is 80.2 Å². The first-order chi connectivity index (χ1) is 43.6. The Balaban J connectivity index is 5.20. The highest BCUT2D eigenvalue weighted by Crippen LogP contribution is 2.45. The molecule has 17 nitrogen and oxygen atoms in total. The minimum Gasteiger partial charge on any atom is -0.462 e. The van der Waals surface area contributed by atoms with E-state index in [1.807, 2.05) is 0 Å². The van der Waals surface area contributed by atoms with Crippen molar-refractivity contribution in [3.63, 3.8) is 0 Å². The van der Waals surface area contributed by atoms with Gasteiger partial charge in [-0.05, 0) is 31.6 Å². The fourth-order valence-corrected chi connectivity index (χ4v) is 12.4. The summed E-state index contributed by atoms with van der Waals surface area (Å²) in [6.07, 6.45) is 51.3. The van der Waals surface area contributed by atoms with Gasteiger partial charge in [-0.1, -0.05) is 317 Å². The van der Waals surface area contributed by atoms with Crippen LogP contribution in [0.1, 0.15) is 369 Å². The Bertz CT molecular complexity index is 1740. The van der Waals surface area contributed by atoms with E-state index in [2.05, 4.69) is 34.6 Å². The maximum atomic E-state index is 13.0. The van der Waals surface area contributed by atoms with Gasteiger partial charge in [-0.2, -0.15) is 0 Å². The average molecular weight is 1330 g/mol. The highest BCUT2D eigenvalue weighted by Gasteiger charge is 2.30. The molecule has 0 amide bonds. The summed E-state index contributed by atoms with van der Waals surface area (Å²) in [5.41, 5.74) is 0. The molecule has 0 aromatic rings. The Morgan fingerprint density at radius 3 is 0.789 bits per heavy atom. The summed E-state index contributed by atoms with van der Waals surface area (Å²) in [5, 5.41) is 10.6. The molecule has 19 heteroatoms. The van der Waals surface area contributed by atoms with Crippen molar-refractivity contribution in [2.45, 2.75) is 387 Å². The second-order valence-corrected chi connectivity index (χ2v) is 28.8. The van der Waals surface area contributed by atoms with Gasteiger partial charge in [0, 0.05) is 25.7 Å². The fraction of sp³-hybridized carbons (Fsp3) is 0.944. The molecule has 534 valence electrons. The zero-order chi connectivity index (χ0) is 66.3. The van der Waals surface area contributed by atoms with Crippen molar-refractivity contribution in [3.8, 4) is 0 Å². The molecule has 0 saturated carbocycles. The zero-order valence-corrected chi connectivity index (χ0v) is 60.1. The number of aliphatic hydroxyl groups excluding tert-OH is 1. The fourth-order valence-electron chi connectivity index (χ4n) is 10.8. The second kappa shape index (κ2) is 64.4. The number of unbranched alkanes of at least 4 members (excludes halogenated alkanes) is 42. The summed E-state index contributed by atoms with van der Waals surface area (Å²) < 4.78 is 68.3.